The fourth-order valence-electron chi connectivity index (χ4n) is 3.34. The predicted molar refractivity (Wildman–Crippen MR) is 99.4 cm³/mol. The monoisotopic (exact) mass is 369 g/mol. The Morgan fingerprint density at radius 3 is 2.56 bits per heavy atom. The van der Waals surface area contributed by atoms with Gasteiger partial charge in [-0.25, -0.2) is 4.79 Å². The molecule has 2 aromatic rings. The molecule has 27 heavy (non-hydrogen) atoms. The lowest BCUT2D eigenvalue weighted by Crippen LogP contribution is -2.42. The van der Waals surface area contributed by atoms with Gasteiger partial charge in [-0.05, 0) is 43.0 Å². The van der Waals surface area contributed by atoms with E-state index in [0.717, 1.165) is 24.8 Å². The predicted octanol–water partition coefficient (Wildman–Crippen LogP) is 3.61. The van der Waals surface area contributed by atoms with Crippen LogP contribution in [0, 0.1) is 5.92 Å². The summed E-state index contributed by atoms with van der Waals surface area (Å²) < 4.78 is 10.5. The quantitative estimate of drug-likeness (QED) is 0.621. The molecule has 6 nitrogen and oxygen atoms in total. The van der Waals surface area contributed by atoms with Crippen molar-refractivity contribution in [3.8, 4) is 11.3 Å². The molecule has 0 aliphatic heterocycles. The smallest absolute Gasteiger partial charge is 0.338 e. The summed E-state index contributed by atoms with van der Waals surface area (Å²) in [6.07, 6.45) is 5.04. The van der Waals surface area contributed by atoms with Gasteiger partial charge in [-0.2, -0.15) is 0 Å². The molecular weight excluding hydrogens is 346 g/mol. The summed E-state index contributed by atoms with van der Waals surface area (Å²) in [5.74, 6) is 0.411. The van der Waals surface area contributed by atoms with Crippen LogP contribution in [0.25, 0.3) is 11.3 Å². The normalized spacial score (nSPS) is 19.3. The Bertz CT molecular complexity index is 808. The van der Waals surface area contributed by atoms with Gasteiger partial charge in [-0.15, -0.1) is 0 Å². The second-order valence-electron chi connectivity index (χ2n) is 6.91. The number of esters is 1. The van der Waals surface area contributed by atoms with Crippen LogP contribution in [-0.4, -0.2) is 30.8 Å². The lowest BCUT2D eigenvalue weighted by molar-refractivity contribution is -0.125. The number of rotatable bonds is 6. The van der Waals surface area contributed by atoms with Crippen LogP contribution in [0.4, 0.5) is 0 Å². The SMILES string of the molecule is C[C@H]1CCCC[C@@H]1NC(=O)COC(=O)c1ccc(-c2ccc(C=O)o2)cc1. The second kappa shape index (κ2) is 8.66. The maximum absolute atomic E-state index is 12.1. The Labute approximate surface area is 157 Å². The van der Waals surface area contributed by atoms with Crippen LogP contribution in [-0.2, 0) is 9.53 Å². The van der Waals surface area contributed by atoms with Crippen LogP contribution >= 0.6 is 0 Å². The van der Waals surface area contributed by atoms with E-state index in [1.165, 1.54) is 6.42 Å². The van der Waals surface area contributed by atoms with Crippen molar-refractivity contribution in [3.05, 3.63) is 47.7 Å². The first-order valence-corrected chi connectivity index (χ1v) is 9.19. The highest BCUT2D eigenvalue weighted by atomic mass is 16.5. The number of carbonyl (C=O) groups is 3. The molecule has 1 amide bonds. The molecule has 0 bridgehead atoms. The molecule has 2 atom stereocenters. The fraction of sp³-hybridized carbons (Fsp3) is 0.381. The van der Waals surface area contributed by atoms with Crippen LogP contribution in [0.3, 0.4) is 0 Å². The maximum Gasteiger partial charge on any atom is 0.338 e. The van der Waals surface area contributed by atoms with E-state index in [1.54, 1.807) is 36.4 Å². The molecule has 0 spiro atoms. The average Bonchev–Trinajstić information content (AvgIpc) is 3.17. The first-order valence-electron chi connectivity index (χ1n) is 9.19. The zero-order valence-electron chi connectivity index (χ0n) is 15.3. The van der Waals surface area contributed by atoms with E-state index < -0.39 is 5.97 Å². The van der Waals surface area contributed by atoms with Gasteiger partial charge < -0.3 is 14.5 Å². The molecule has 0 saturated heterocycles. The van der Waals surface area contributed by atoms with Gasteiger partial charge in [0.15, 0.2) is 18.7 Å². The molecule has 6 heteroatoms. The number of ether oxygens (including phenoxy) is 1. The molecule has 1 aromatic carbocycles. The molecule has 1 saturated carbocycles. The van der Waals surface area contributed by atoms with Gasteiger partial charge in [0.25, 0.3) is 5.91 Å². The minimum Gasteiger partial charge on any atom is -0.453 e. The van der Waals surface area contributed by atoms with Gasteiger partial charge in [0, 0.05) is 11.6 Å². The standard InChI is InChI=1S/C21H23NO5/c1-14-4-2-3-5-18(14)22-20(24)13-26-21(25)16-8-6-15(7-9-16)19-11-10-17(12-23)27-19/h6-12,14,18H,2-5,13H2,1H3,(H,22,24)/t14-,18-/m0/s1. The Morgan fingerprint density at radius 2 is 1.89 bits per heavy atom. The van der Waals surface area contributed by atoms with E-state index in [1.807, 2.05) is 0 Å². The van der Waals surface area contributed by atoms with E-state index in [9.17, 15) is 14.4 Å². The minimum atomic E-state index is -0.554. The number of hydrogen-bond donors (Lipinski definition) is 1. The highest BCUT2D eigenvalue weighted by molar-refractivity contribution is 5.91. The van der Waals surface area contributed by atoms with Gasteiger partial charge in [0.2, 0.25) is 0 Å². The summed E-state index contributed by atoms with van der Waals surface area (Å²) in [4.78, 5) is 34.8. The third kappa shape index (κ3) is 4.84. The Morgan fingerprint density at radius 1 is 1.15 bits per heavy atom. The van der Waals surface area contributed by atoms with E-state index in [-0.39, 0.29) is 24.3 Å². The van der Waals surface area contributed by atoms with Crippen LogP contribution in [0.5, 0.6) is 0 Å². The van der Waals surface area contributed by atoms with Crippen molar-refractivity contribution < 1.29 is 23.5 Å². The van der Waals surface area contributed by atoms with Gasteiger partial charge in [0.05, 0.1) is 5.56 Å². The summed E-state index contributed by atoms with van der Waals surface area (Å²) in [5, 5.41) is 2.96. The van der Waals surface area contributed by atoms with Gasteiger partial charge >= 0.3 is 5.97 Å². The molecule has 1 aliphatic carbocycles. The summed E-state index contributed by atoms with van der Waals surface area (Å²) >= 11 is 0. The molecule has 1 aromatic heterocycles. The molecule has 1 fully saturated rings. The molecule has 0 radical (unpaired) electrons. The van der Waals surface area contributed by atoms with Crippen LogP contribution in [0.2, 0.25) is 0 Å². The van der Waals surface area contributed by atoms with Gasteiger partial charge in [-0.1, -0.05) is 31.9 Å². The summed E-state index contributed by atoms with van der Waals surface area (Å²) in [5.41, 5.74) is 1.09. The van der Waals surface area contributed by atoms with Crippen molar-refractivity contribution in [3.63, 3.8) is 0 Å². The maximum atomic E-state index is 12.1. The van der Waals surface area contributed by atoms with E-state index in [4.69, 9.17) is 9.15 Å². The Balaban J connectivity index is 1.51. The lowest BCUT2D eigenvalue weighted by Gasteiger charge is -2.29. The number of furan rings is 1. The highest BCUT2D eigenvalue weighted by Crippen LogP contribution is 2.24. The van der Waals surface area contributed by atoms with Crippen molar-refractivity contribution in [2.45, 2.75) is 38.6 Å². The zero-order chi connectivity index (χ0) is 19.2. The molecule has 0 unspecified atom stereocenters. The first kappa shape index (κ1) is 18.9. The minimum absolute atomic E-state index is 0.161. The number of carbonyl (C=O) groups excluding carboxylic acids is 3. The van der Waals surface area contributed by atoms with Gasteiger partial charge in [0.1, 0.15) is 5.76 Å². The van der Waals surface area contributed by atoms with Gasteiger partial charge in [-0.3, -0.25) is 9.59 Å². The molecular formula is C21H23NO5. The van der Waals surface area contributed by atoms with Crippen molar-refractivity contribution in [2.24, 2.45) is 5.92 Å². The van der Waals surface area contributed by atoms with Crippen molar-refractivity contribution >= 4 is 18.2 Å². The molecule has 1 heterocycles. The first-order chi connectivity index (χ1) is 13.1. The Kier molecular flexibility index (Phi) is 6.06. The topological polar surface area (TPSA) is 85.6 Å². The highest BCUT2D eigenvalue weighted by Gasteiger charge is 2.23. The molecule has 1 N–H and O–H groups in total. The lowest BCUT2D eigenvalue weighted by atomic mass is 9.86. The number of hydrogen-bond acceptors (Lipinski definition) is 5. The molecule has 3 rings (SSSR count). The number of amides is 1. The van der Waals surface area contributed by atoms with E-state index in [2.05, 4.69) is 12.2 Å². The van der Waals surface area contributed by atoms with Crippen LogP contribution in [0.15, 0.2) is 40.8 Å². The number of nitrogens with one attached hydrogen (secondary N) is 1. The molecule has 142 valence electrons. The Hall–Kier alpha value is -2.89. The van der Waals surface area contributed by atoms with E-state index >= 15 is 0 Å². The van der Waals surface area contributed by atoms with Crippen LogP contribution in [0.1, 0.15) is 53.5 Å². The number of aldehydes is 1. The summed E-state index contributed by atoms with van der Waals surface area (Å²) in [6, 6.07) is 10.0. The largest absolute Gasteiger partial charge is 0.453 e. The fourth-order valence-corrected chi connectivity index (χ4v) is 3.34. The zero-order valence-corrected chi connectivity index (χ0v) is 15.3. The molecule has 1 aliphatic rings. The third-order valence-electron chi connectivity index (χ3n) is 4.94. The third-order valence-corrected chi connectivity index (χ3v) is 4.94. The van der Waals surface area contributed by atoms with E-state index in [0.29, 0.717) is 23.5 Å². The number of benzene rings is 1. The second-order valence-corrected chi connectivity index (χ2v) is 6.91. The van der Waals surface area contributed by atoms with Crippen molar-refractivity contribution in [2.75, 3.05) is 6.61 Å². The average molecular weight is 369 g/mol. The van der Waals surface area contributed by atoms with Crippen molar-refractivity contribution in [1.29, 1.82) is 0 Å². The summed E-state index contributed by atoms with van der Waals surface area (Å²) in [7, 11) is 0. The van der Waals surface area contributed by atoms with Crippen LogP contribution < -0.4 is 5.32 Å². The van der Waals surface area contributed by atoms with Crippen molar-refractivity contribution in [1.82, 2.24) is 5.32 Å². The summed E-state index contributed by atoms with van der Waals surface area (Å²) in [6.45, 7) is 1.85.